The second kappa shape index (κ2) is 5.80. The first kappa shape index (κ1) is 15.4. The first-order valence-electron chi connectivity index (χ1n) is 6.22. The summed E-state index contributed by atoms with van der Waals surface area (Å²) in [5, 5.41) is 13.1. The molecule has 2 rings (SSSR count). The second-order valence-electron chi connectivity index (χ2n) is 4.43. The van der Waals surface area contributed by atoms with Gasteiger partial charge in [-0.1, -0.05) is 24.6 Å². The van der Waals surface area contributed by atoms with Crippen LogP contribution in [0.4, 0.5) is 17.6 Å². The number of nitrogens with zero attached hydrogens (tertiary/aromatic N) is 2. The van der Waals surface area contributed by atoms with Crippen molar-refractivity contribution in [2.24, 2.45) is 0 Å². The van der Waals surface area contributed by atoms with E-state index in [2.05, 4.69) is 10.1 Å². The van der Waals surface area contributed by atoms with Gasteiger partial charge in [-0.15, -0.1) is 0 Å². The molecule has 1 heterocycles. The molecule has 0 aliphatic carbocycles. The van der Waals surface area contributed by atoms with Gasteiger partial charge < -0.3 is 9.63 Å². The summed E-state index contributed by atoms with van der Waals surface area (Å²) in [6.45, 7) is 1.83. The van der Waals surface area contributed by atoms with Crippen molar-refractivity contribution in [3.8, 4) is 11.5 Å². The molecule has 2 aromatic rings. The number of halogens is 4. The topological polar surface area (TPSA) is 59.2 Å². The van der Waals surface area contributed by atoms with E-state index in [0.717, 1.165) is 12.1 Å². The number of alkyl halides is 3. The van der Waals surface area contributed by atoms with Crippen LogP contribution in [-0.2, 0) is 6.18 Å². The predicted octanol–water partition coefficient (Wildman–Crippen LogP) is 3.73. The van der Waals surface area contributed by atoms with Crippen LogP contribution in [0, 0.1) is 5.82 Å². The predicted molar refractivity (Wildman–Crippen MR) is 64.6 cm³/mol. The van der Waals surface area contributed by atoms with E-state index in [0.29, 0.717) is 18.9 Å². The van der Waals surface area contributed by atoms with E-state index in [1.54, 1.807) is 0 Å². The van der Waals surface area contributed by atoms with Gasteiger partial charge >= 0.3 is 6.18 Å². The van der Waals surface area contributed by atoms with Crippen LogP contribution in [0.25, 0.3) is 11.5 Å². The summed E-state index contributed by atoms with van der Waals surface area (Å²) in [7, 11) is 0. The third-order valence-electron chi connectivity index (χ3n) is 2.84. The summed E-state index contributed by atoms with van der Waals surface area (Å²) >= 11 is 0. The Bertz CT molecular complexity index is 625. The maximum atomic E-state index is 13.9. The van der Waals surface area contributed by atoms with Gasteiger partial charge in [0.2, 0.25) is 5.82 Å². The van der Waals surface area contributed by atoms with Crippen LogP contribution >= 0.6 is 0 Å². The van der Waals surface area contributed by atoms with Crippen LogP contribution in [0.15, 0.2) is 22.7 Å². The molecule has 1 aromatic carbocycles. The van der Waals surface area contributed by atoms with Crippen LogP contribution < -0.4 is 0 Å². The summed E-state index contributed by atoms with van der Waals surface area (Å²) in [5.74, 6) is -1.96. The lowest BCUT2D eigenvalue weighted by Crippen LogP contribution is -2.08. The van der Waals surface area contributed by atoms with E-state index < -0.39 is 35.1 Å². The minimum Gasteiger partial charge on any atom is -0.385 e. The molecule has 1 N–H and O–H groups in total. The van der Waals surface area contributed by atoms with E-state index in [9.17, 15) is 22.7 Å². The molecule has 0 aliphatic heterocycles. The fourth-order valence-electron chi connectivity index (χ4n) is 1.80. The van der Waals surface area contributed by atoms with Crippen LogP contribution in [0.1, 0.15) is 37.3 Å². The Morgan fingerprint density at radius 3 is 2.67 bits per heavy atom. The van der Waals surface area contributed by atoms with E-state index in [1.807, 2.05) is 6.92 Å². The monoisotopic (exact) mass is 304 g/mol. The van der Waals surface area contributed by atoms with Crippen molar-refractivity contribution in [3.63, 3.8) is 0 Å². The summed E-state index contributed by atoms with van der Waals surface area (Å²) in [6.07, 6.45) is -4.79. The zero-order valence-corrected chi connectivity index (χ0v) is 11.0. The van der Waals surface area contributed by atoms with Crippen molar-refractivity contribution in [1.29, 1.82) is 0 Å². The van der Waals surface area contributed by atoms with E-state index >= 15 is 0 Å². The summed E-state index contributed by atoms with van der Waals surface area (Å²) in [4.78, 5) is 3.75. The van der Waals surface area contributed by atoms with E-state index in [1.165, 1.54) is 0 Å². The van der Waals surface area contributed by atoms with Crippen molar-refractivity contribution in [2.45, 2.75) is 32.0 Å². The summed E-state index contributed by atoms with van der Waals surface area (Å²) in [6, 6.07) is 2.78. The molecule has 0 fully saturated rings. The van der Waals surface area contributed by atoms with Gasteiger partial charge in [-0.2, -0.15) is 18.2 Å². The minimum atomic E-state index is -4.81. The maximum Gasteiger partial charge on any atom is 0.419 e. The molecule has 8 heteroatoms. The highest BCUT2D eigenvalue weighted by Gasteiger charge is 2.35. The first-order chi connectivity index (χ1) is 9.84. The highest BCUT2D eigenvalue weighted by molar-refractivity contribution is 5.55. The number of aliphatic hydroxyl groups is 1. The molecule has 1 atom stereocenters. The number of benzene rings is 1. The molecule has 1 unspecified atom stereocenters. The number of aromatic nitrogens is 2. The largest absolute Gasteiger partial charge is 0.419 e. The molecule has 4 nitrogen and oxygen atoms in total. The van der Waals surface area contributed by atoms with Gasteiger partial charge in [0.25, 0.3) is 5.89 Å². The normalized spacial score (nSPS) is 13.4. The van der Waals surface area contributed by atoms with Crippen LogP contribution in [0.3, 0.4) is 0 Å². The lowest BCUT2D eigenvalue weighted by molar-refractivity contribution is -0.139. The Hall–Kier alpha value is -1.96. The number of rotatable bonds is 4. The van der Waals surface area contributed by atoms with Gasteiger partial charge in [-0.3, -0.25) is 0 Å². The van der Waals surface area contributed by atoms with Crippen LogP contribution in [0.2, 0.25) is 0 Å². The highest BCUT2D eigenvalue weighted by atomic mass is 19.4. The average Bonchev–Trinajstić information content (AvgIpc) is 2.87. The molecule has 0 aliphatic rings. The lowest BCUT2D eigenvalue weighted by atomic mass is 10.1. The molecule has 0 saturated carbocycles. The molecule has 0 radical (unpaired) electrons. The SMILES string of the molecule is CCCC(O)c1noc(-c2cccc(C(F)(F)F)c2F)n1. The van der Waals surface area contributed by atoms with Gasteiger partial charge in [0, 0.05) is 0 Å². The average molecular weight is 304 g/mol. The molecule has 21 heavy (non-hydrogen) atoms. The molecule has 0 amide bonds. The fraction of sp³-hybridized carbons (Fsp3) is 0.385. The van der Waals surface area contributed by atoms with Gasteiger partial charge in [0.05, 0.1) is 11.1 Å². The summed E-state index contributed by atoms with van der Waals surface area (Å²) in [5.41, 5.74) is -1.86. The summed E-state index contributed by atoms with van der Waals surface area (Å²) < 4.78 is 56.5. The van der Waals surface area contributed by atoms with Gasteiger partial charge in [0.1, 0.15) is 11.9 Å². The Balaban J connectivity index is 2.39. The molecule has 0 saturated heterocycles. The fourth-order valence-corrected chi connectivity index (χ4v) is 1.80. The van der Waals surface area contributed by atoms with Crippen molar-refractivity contribution < 1.29 is 27.2 Å². The second-order valence-corrected chi connectivity index (χ2v) is 4.43. The molecular weight excluding hydrogens is 292 g/mol. The number of aliphatic hydroxyl groups excluding tert-OH is 1. The van der Waals surface area contributed by atoms with Crippen molar-refractivity contribution in [2.75, 3.05) is 0 Å². The Kier molecular flexibility index (Phi) is 4.26. The Labute approximate surface area is 117 Å². The third-order valence-corrected chi connectivity index (χ3v) is 2.84. The van der Waals surface area contributed by atoms with Gasteiger partial charge in [0.15, 0.2) is 0 Å². The lowest BCUT2D eigenvalue weighted by Gasteiger charge is -2.08. The maximum absolute atomic E-state index is 13.9. The van der Waals surface area contributed by atoms with E-state index in [-0.39, 0.29) is 5.82 Å². The Morgan fingerprint density at radius 1 is 1.33 bits per heavy atom. The standard InChI is InChI=1S/C13H12F4N2O2/c1-2-4-9(20)11-18-12(21-19-11)7-5-3-6-8(10(7)14)13(15,16)17/h3,5-6,9,20H,2,4H2,1H3. The molecular formula is C13H12F4N2O2. The molecule has 0 spiro atoms. The van der Waals surface area contributed by atoms with Crippen molar-refractivity contribution in [3.05, 3.63) is 35.4 Å². The van der Waals surface area contributed by atoms with Crippen LogP contribution in [-0.4, -0.2) is 15.2 Å². The van der Waals surface area contributed by atoms with E-state index in [4.69, 9.17) is 4.52 Å². The molecule has 0 bridgehead atoms. The van der Waals surface area contributed by atoms with Crippen LogP contribution in [0.5, 0.6) is 0 Å². The van der Waals surface area contributed by atoms with Gasteiger partial charge in [-0.25, -0.2) is 4.39 Å². The zero-order chi connectivity index (χ0) is 15.6. The van der Waals surface area contributed by atoms with Gasteiger partial charge in [-0.05, 0) is 18.6 Å². The highest BCUT2D eigenvalue weighted by Crippen LogP contribution is 2.35. The Morgan fingerprint density at radius 2 is 2.05 bits per heavy atom. The molecule has 1 aromatic heterocycles. The third kappa shape index (κ3) is 3.21. The van der Waals surface area contributed by atoms with Crippen molar-refractivity contribution >= 4 is 0 Å². The molecule has 114 valence electrons. The zero-order valence-electron chi connectivity index (χ0n) is 11.0. The quantitative estimate of drug-likeness (QED) is 0.874. The first-order valence-corrected chi connectivity index (χ1v) is 6.22. The van der Waals surface area contributed by atoms with Crippen molar-refractivity contribution in [1.82, 2.24) is 10.1 Å². The minimum absolute atomic E-state index is 0.0799. The smallest absolute Gasteiger partial charge is 0.385 e. The number of hydrogen-bond donors (Lipinski definition) is 1. The number of hydrogen-bond acceptors (Lipinski definition) is 4.